The molecule has 1 amide bonds. The number of hydrogen-bond donors (Lipinski definition) is 0. The molecule has 1 saturated heterocycles. The molecule has 2 aromatic rings. The van der Waals surface area contributed by atoms with Crippen LogP contribution < -0.4 is 0 Å². The molecule has 23 heavy (non-hydrogen) atoms. The topological polar surface area (TPSA) is 85.3 Å². The minimum Gasteiger partial charge on any atom is -0.361 e. The van der Waals surface area contributed by atoms with Crippen molar-refractivity contribution in [2.75, 3.05) is 13.1 Å². The number of aromatic nitrogens is 3. The maximum absolute atomic E-state index is 12.9. The summed E-state index contributed by atoms with van der Waals surface area (Å²) in [7, 11) is 0. The highest BCUT2D eigenvalue weighted by molar-refractivity contribution is 5.96. The van der Waals surface area contributed by atoms with Crippen molar-refractivity contribution in [1.29, 1.82) is 0 Å². The molecular weight excluding hydrogens is 296 g/mol. The minimum atomic E-state index is -0.185. The zero-order valence-corrected chi connectivity index (χ0v) is 13.6. The zero-order valence-electron chi connectivity index (χ0n) is 13.6. The third-order valence-corrected chi connectivity index (χ3v) is 5.36. The highest BCUT2D eigenvalue weighted by atomic mass is 16.5. The van der Waals surface area contributed by atoms with Crippen LogP contribution in [-0.4, -0.2) is 39.2 Å². The van der Waals surface area contributed by atoms with Gasteiger partial charge in [-0.1, -0.05) is 16.7 Å². The van der Waals surface area contributed by atoms with Crippen molar-refractivity contribution in [2.45, 2.75) is 45.4 Å². The Morgan fingerprint density at radius 2 is 2.09 bits per heavy atom. The lowest BCUT2D eigenvalue weighted by Gasteiger charge is -2.24. The quantitative estimate of drug-likeness (QED) is 0.844. The summed E-state index contributed by atoms with van der Waals surface area (Å²) in [6, 6.07) is 0. The molecular formula is C16H20N4O3. The molecule has 2 fully saturated rings. The molecule has 1 aliphatic carbocycles. The zero-order chi connectivity index (χ0) is 16.2. The Bertz CT molecular complexity index is 746. The summed E-state index contributed by atoms with van der Waals surface area (Å²) in [6.45, 7) is 6.76. The van der Waals surface area contributed by atoms with Gasteiger partial charge in [-0.3, -0.25) is 4.79 Å². The van der Waals surface area contributed by atoms with Crippen LogP contribution in [0.15, 0.2) is 9.05 Å². The molecule has 0 N–H and O–H groups in total. The van der Waals surface area contributed by atoms with Crippen molar-refractivity contribution in [2.24, 2.45) is 5.92 Å². The van der Waals surface area contributed by atoms with Crippen LogP contribution in [0, 0.1) is 26.7 Å². The maximum atomic E-state index is 12.9. The van der Waals surface area contributed by atoms with Crippen LogP contribution in [0.5, 0.6) is 0 Å². The smallest absolute Gasteiger partial charge is 0.259 e. The molecule has 0 aromatic carbocycles. The SMILES string of the molecule is Cc1noc([C@]23CCC[C@H]2CN(C(=O)c2c(C)noc2C)C3)n1. The lowest BCUT2D eigenvalue weighted by Crippen LogP contribution is -2.35. The van der Waals surface area contributed by atoms with Crippen LogP contribution in [0.3, 0.4) is 0 Å². The monoisotopic (exact) mass is 316 g/mol. The Kier molecular flexibility index (Phi) is 3.08. The lowest BCUT2D eigenvalue weighted by molar-refractivity contribution is 0.0772. The fourth-order valence-corrected chi connectivity index (χ4v) is 4.24. The van der Waals surface area contributed by atoms with E-state index < -0.39 is 0 Å². The van der Waals surface area contributed by atoms with Gasteiger partial charge in [-0.05, 0) is 39.5 Å². The molecule has 2 atom stereocenters. The van der Waals surface area contributed by atoms with Crippen LogP contribution in [0.2, 0.25) is 0 Å². The third-order valence-electron chi connectivity index (χ3n) is 5.36. The number of carbonyl (C=O) groups excluding carboxylic acids is 1. The second-order valence-electron chi connectivity index (χ2n) is 6.78. The highest BCUT2D eigenvalue weighted by Crippen LogP contribution is 2.50. The van der Waals surface area contributed by atoms with Gasteiger partial charge in [0.1, 0.15) is 11.3 Å². The summed E-state index contributed by atoms with van der Waals surface area (Å²) in [5, 5.41) is 7.85. The van der Waals surface area contributed by atoms with Crippen LogP contribution in [0.4, 0.5) is 0 Å². The van der Waals surface area contributed by atoms with Crippen molar-refractivity contribution in [3.8, 4) is 0 Å². The predicted molar refractivity (Wildman–Crippen MR) is 79.9 cm³/mol. The van der Waals surface area contributed by atoms with E-state index in [1.807, 2.05) is 11.8 Å². The Labute approximate surface area is 134 Å². The van der Waals surface area contributed by atoms with E-state index in [0.29, 0.717) is 41.2 Å². The molecule has 122 valence electrons. The molecule has 1 aliphatic heterocycles. The van der Waals surface area contributed by atoms with Crippen LogP contribution in [-0.2, 0) is 5.41 Å². The van der Waals surface area contributed by atoms with Gasteiger partial charge >= 0.3 is 0 Å². The van der Waals surface area contributed by atoms with E-state index >= 15 is 0 Å². The number of amides is 1. The number of aryl methyl sites for hydroxylation is 3. The van der Waals surface area contributed by atoms with E-state index in [9.17, 15) is 4.79 Å². The van der Waals surface area contributed by atoms with Gasteiger partial charge in [0.2, 0.25) is 5.89 Å². The average molecular weight is 316 g/mol. The Balaban J connectivity index is 1.66. The second-order valence-corrected chi connectivity index (χ2v) is 6.78. The Hall–Kier alpha value is -2.18. The minimum absolute atomic E-state index is 0.00809. The number of hydrogen-bond acceptors (Lipinski definition) is 6. The summed E-state index contributed by atoms with van der Waals surface area (Å²) in [4.78, 5) is 19.3. The average Bonchev–Trinajstić information content (AvgIpc) is 3.22. The van der Waals surface area contributed by atoms with Crippen molar-refractivity contribution in [3.63, 3.8) is 0 Å². The molecule has 0 radical (unpaired) electrons. The molecule has 1 saturated carbocycles. The first-order valence-corrected chi connectivity index (χ1v) is 8.04. The van der Waals surface area contributed by atoms with Crippen molar-refractivity contribution in [3.05, 3.63) is 28.7 Å². The molecule has 4 rings (SSSR count). The Morgan fingerprint density at radius 3 is 2.74 bits per heavy atom. The van der Waals surface area contributed by atoms with Gasteiger partial charge in [-0.25, -0.2) is 0 Å². The van der Waals surface area contributed by atoms with Gasteiger partial charge in [0.05, 0.1) is 11.1 Å². The lowest BCUT2D eigenvalue weighted by atomic mass is 9.80. The number of fused-ring (bicyclic) bond motifs is 1. The predicted octanol–water partition coefficient (Wildman–Crippen LogP) is 2.18. The van der Waals surface area contributed by atoms with Crippen molar-refractivity contribution in [1.82, 2.24) is 20.2 Å². The van der Waals surface area contributed by atoms with E-state index in [-0.39, 0.29) is 11.3 Å². The van der Waals surface area contributed by atoms with E-state index in [1.54, 1.807) is 13.8 Å². The van der Waals surface area contributed by atoms with Gasteiger partial charge in [0.15, 0.2) is 5.82 Å². The normalized spacial score (nSPS) is 26.7. The third kappa shape index (κ3) is 2.02. The maximum Gasteiger partial charge on any atom is 0.259 e. The fourth-order valence-electron chi connectivity index (χ4n) is 4.24. The van der Waals surface area contributed by atoms with Crippen LogP contribution in [0.25, 0.3) is 0 Å². The largest absolute Gasteiger partial charge is 0.361 e. The van der Waals surface area contributed by atoms with Gasteiger partial charge in [0, 0.05) is 13.1 Å². The number of nitrogens with zero attached hydrogens (tertiary/aromatic N) is 4. The Morgan fingerprint density at radius 1 is 1.26 bits per heavy atom. The highest BCUT2D eigenvalue weighted by Gasteiger charge is 2.55. The molecule has 2 aromatic heterocycles. The molecule has 0 unspecified atom stereocenters. The summed E-state index contributed by atoms with van der Waals surface area (Å²) >= 11 is 0. The number of carbonyl (C=O) groups is 1. The molecule has 7 heteroatoms. The molecule has 7 nitrogen and oxygen atoms in total. The van der Waals surface area contributed by atoms with Gasteiger partial charge in [-0.15, -0.1) is 0 Å². The molecule has 2 aliphatic rings. The number of rotatable bonds is 2. The van der Waals surface area contributed by atoms with Gasteiger partial charge < -0.3 is 13.9 Å². The first-order chi connectivity index (χ1) is 11.0. The van der Waals surface area contributed by atoms with Gasteiger partial charge in [0.25, 0.3) is 5.91 Å². The van der Waals surface area contributed by atoms with Crippen molar-refractivity contribution >= 4 is 5.91 Å². The number of likely N-dealkylation sites (tertiary alicyclic amines) is 1. The van der Waals surface area contributed by atoms with Crippen LogP contribution >= 0.6 is 0 Å². The second kappa shape index (κ2) is 4.91. The van der Waals surface area contributed by atoms with Crippen molar-refractivity contribution < 1.29 is 13.8 Å². The molecule has 0 bridgehead atoms. The molecule has 0 spiro atoms. The van der Waals surface area contributed by atoms with E-state index in [2.05, 4.69) is 15.3 Å². The van der Waals surface area contributed by atoms with Crippen LogP contribution in [0.1, 0.15) is 52.8 Å². The van der Waals surface area contributed by atoms with E-state index in [0.717, 1.165) is 25.8 Å². The standard InChI is InChI=1S/C16H20N4O3/c1-9-13(10(2)22-18-9)14(21)20-7-12-5-4-6-16(12,8-20)15-17-11(3)19-23-15/h12H,4-8H2,1-3H3/t12-,16-/m0/s1. The fraction of sp³-hybridized carbons (Fsp3) is 0.625. The van der Waals surface area contributed by atoms with Gasteiger partial charge in [-0.2, -0.15) is 4.98 Å². The summed E-state index contributed by atoms with van der Waals surface area (Å²) in [5.74, 6) is 2.28. The summed E-state index contributed by atoms with van der Waals surface area (Å²) in [6.07, 6.45) is 3.22. The molecule has 3 heterocycles. The summed E-state index contributed by atoms with van der Waals surface area (Å²) < 4.78 is 10.6. The first-order valence-electron chi connectivity index (χ1n) is 8.04. The van der Waals surface area contributed by atoms with E-state index in [4.69, 9.17) is 9.05 Å². The van der Waals surface area contributed by atoms with E-state index in [1.165, 1.54) is 0 Å². The summed E-state index contributed by atoms with van der Waals surface area (Å²) in [5.41, 5.74) is 1.05. The first kappa shape index (κ1) is 14.4.